The maximum absolute atomic E-state index is 13.4. The summed E-state index contributed by atoms with van der Waals surface area (Å²) in [6, 6.07) is 25.0. The average molecular weight is 437 g/mol. The summed E-state index contributed by atoms with van der Waals surface area (Å²) in [7, 11) is -3.65. The molecule has 0 saturated heterocycles. The number of nitrogens with zero attached hydrogens (tertiary/aromatic N) is 2. The maximum atomic E-state index is 13.4. The Morgan fingerprint density at radius 2 is 1.19 bits per heavy atom. The van der Waals surface area contributed by atoms with Crippen LogP contribution in [-0.4, -0.2) is 32.0 Å². The van der Waals surface area contributed by atoms with E-state index in [1.54, 1.807) is 4.90 Å². The van der Waals surface area contributed by atoms with Crippen LogP contribution in [0.3, 0.4) is 0 Å². The number of para-hydroxylation sites is 1. The number of carbonyl (C=O) groups is 1. The number of benzene rings is 3. The van der Waals surface area contributed by atoms with Crippen molar-refractivity contribution in [1.82, 2.24) is 4.90 Å². The van der Waals surface area contributed by atoms with Crippen LogP contribution < -0.4 is 4.31 Å². The van der Waals surface area contributed by atoms with E-state index in [0.29, 0.717) is 18.8 Å². The molecule has 0 atom stereocenters. The number of sulfonamides is 1. The van der Waals surface area contributed by atoms with E-state index in [1.807, 2.05) is 92.7 Å². The van der Waals surface area contributed by atoms with E-state index < -0.39 is 10.0 Å². The smallest absolute Gasteiger partial charge is 0.243 e. The quantitative estimate of drug-likeness (QED) is 0.529. The lowest BCUT2D eigenvalue weighted by atomic mass is 10.1. The molecule has 0 spiro atoms. The van der Waals surface area contributed by atoms with Gasteiger partial charge in [0, 0.05) is 13.1 Å². The van der Waals surface area contributed by atoms with Crippen LogP contribution in [0.1, 0.15) is 22.3 Å². The number of hydrogen-bond donors (Lipinski definition) is 0. The van der Waals surface area contributed by atoms with Crippen molar-refractivity contribution in [1.29, 1.82) is 0 Å². The number of rotatable bonds is 8. The highest BCUT2D eigenvalue weighted by molar-refractivity contribution is 7.92. The third kappa shape index (κ3) is 5.95. The van der Waals surface area contributed by atoms with Gasteiger partial charge in [0.2, 0.25) is 15.9 Å². The molecule has 0 aliphatic carbocycles. The fourth-order valence-electron chi connectivity index (χ4n) is 3.62. The van der Waals surface area contributed by atoms with Crippen molar-refractivity contribution in [2.45, 2.75) is 26.9 Å². The van der Waals surface area contributed by atoms with Gasteiger partial charge in [0.1, 0.15) is 6.54 Å². The van der Waals surface area contributed by atoms with E-state index in [-0.39, 0.29) is 12.5 Å². The minimum atomic E-state index is -3.65. The predicted molar refractivity (Wildman–Crippen MR) is 125 cm³/mol. The van der Waals surface area contributed by atoms with Crippen LogP contribution >= 0.6 is 0 Å². The minimum absolute atomic E-state index is 0.246. The Morgan fingerprint density at radius 3 is 1.61 bits per heavy atom. The second-order valence-electron chi connectivity index (χ2n) is 7.73. The van der Waals surface area contributed by atoms with E-state index >= 15 is 0 Å². The lowest BCUT2D eigenvalue weighted by molar-refractivity contribution is -0.130. The van der Waals surface area contributed by atoms with E-state index in [4.69, 9.17) is 0 Å². The minimum Gasteiger partial charge on any atom is -0.332 e. The van der Waals surface area contributed by atoms with Gasteiger partial charge >= 0.3 is 0 Å². The second-order valence-corrected chi connectivity index (χ2v) is 9.64. The summed E-state index contributed by atoms with van der Waals surface area (Å²) >= 11 is 0. The molecule has 0 aliphatic rings. The summed E-state index contributed by atoms with van der Waals surface area (Å²) in [4.78, 5) is 15.1. The summed E-state index contributed by atoms with van der Waals surface area (Å²) in [5, 5.41) is 0. The molecule has 1 amide bonds. The summed E-state index contributed by atoms with van der Waals surface area (Å²) in [5.41, 5.74) is 4.18. The maximum Gasteiger partial charge on any atom is 0.243 e. The monoisotopic (exact) mass is 436 g/mol. The lowest BCUT2D eigenvalue weighted by Crippen LogP contribution is -2.42. The van der Waals surface area contributed by atoms with Crippen LogP contribution in [-0.2, 0) is 27.9 Å². The Hall–Kier alpha value is -3.12. The summed E-state index contributed by atoms with van der Waals surface area (Å²) < 4.78 is 26.6. The van der Waals surface area contributed by atoms with Crippen LogP contribution in [0, 0.1) is 13.8 Å². The Kier molecular flexibility index (Phi) is 7.13. The Morgan fingerprint density at radius 1 is 0.742 bits per heavy atom. The van der Waals surface area contributed by atoms with Crippen LogP contribution in [0.4, 0.5) is 5.69 Å². The number of amides is 1. The molecule has 0 fully saturated rings. The highest BCUT2D eigenvalue weighted by Gasteiger charge is 2.26. The first-order valence-electron chi connectivity index (χ1n) is 10.2. The predicted octanol–water partition coefficient (Wildman–Crippen LogP) is 4.30. The second kappa shape index (κ2) is 9.79. The van der Waals surface area contributed by atoms with Crippen LogP contribution in [0.15, 0.2) is 78.9 Å². The van der Waals surface area contributed by atoms with Gasteiger partial charge in [-0.15, -0.1) is 0 Å². The van der Waals surface area contributed by atoms with E-state index in [9.17, 15) is 13.2 Å². The molecule has 3 aromatic carbocycles. The van der Waals surface area contributed by atoms with Crippen molar-refractivity contribution < 1.29 is 13.2 Å². The zero-order valence-corrected chi connectivity index (χ0v) is 19.0. The van der Waals surface area contributed by atoms with Gasteiger partial charge in [-0.2, -0.15) is 0 Å². The van der Waals surface area contributed by atoms with Gasteiger partial charge in [0.25, 0.3) is 0 Å². The van der Waals surface area contributed by atoms with Crippen LogP contribution in [0.25, 0.3) is 0 Å². The molecule has 0 unspecified atom stereocenters. The number of anilines is 1. The molecule has 0 bridgehead atoms. The average Bonchev–Trinajstić information content (AvgIpc) is 2.73. The van der Waals surface area contributed by atoms with Crippen molar-refractivity contribution >= 4 is 21.6 Å². The number of hydrogen-bond acceptors (Lipinski definition) is 3. The van der Waals surface area contributed by atoms with Gasteiger partial charge in [-0.1, -0.05) is 78.9 Å². The molecule has 3 rings (SSSR count). The van der Waals surface area contributed by atoms with Crippen LogP contribution in [0.2, 0.25) is 0 Å². The molecular weight excluding hydrogens is 408 g/mol. The first kappa shape index (κ1) is 22.6. The molecule has 31 heavy (non-hydrogen) atoms. The molecule has 0 heterocycles. The first-order chi connectivity index (χ1) is 14.8. The third-order valence-corrected chi connectivity index (χ3v) is 6.27. The highest BCUT2D eigenvalue weighted by atomic mass is 32.2. The fourth-order valence-corrected chi connectivity index (χ4v) is 4.59. The Labute approximate surface area is 185 Å². The topological polar surface area (TPSA) is 57.7 Å². The zero-order valence-electron chi connectivity index (χ0n) is 18.2. The van der Waals surface area contributed by atoms with E-state index in [1.165, 1.54) is 4.31 Å². The standard InChI is InChI=1S/C25H28N2O3S/c1-20-11-10-12-21(2)25(20)27(31(3,29)30)19-24(28)26(17-22-13-6-4-7-14-22)18-23-15-8-5-9-16-23/h4-16H,17-19H2,1-3H3. The number of carbonyl (C=O) groups excluding carboxylic acids is 1. The molecule has 3 aromatic rings. The summed E-state index contributed by atoms with van der Waals surface area (Å²) in [6.45, 7) is 4.27. The largest absolute Gasteiger partial charge is 0.332 e. The van der Waals surface area contributed by atoms with Gasteiger partial charge in [0.05, 0.1) is 11.9 Å². The lowest BCUT2D eigenvalue weighted by Gasteiger charge is -2.29. The van der Waals surface area contributed by atoms with Crippen molar-refractivity contribution in [3.63, 3.8) is 0 Å². The summed E-state index contributed by atoms with van der Waals surface area (Å²) in [5.74, 6) is -0.249. The molecule has 5 nitrogen and oxygen atoms in total. The molecule has 0 aromatic heterocycles. The normalized spacial score (nSPS) is 11.2. The molecule has 162 valence electrons. The Bertz CT molecular complexity index is 1070. The number of aryl methyl sites for hydroxylation is 2. The highest BCUT2D eigenvalue weighted by Crippen LogP contribution is 2.27. The molecule has 0 saturated carbocycles. The van der Waals surface area contributed by atoms with Crippen molar-refractivity contribution in [3.05, 3.63) is 101 Å². The molecule has 0 N–H and O–H groups in total. The molecule has 6 heteroatoms. The van der Waals surface area contributed by atoms with Crippen molar-refractivity contribution in [2.75, 3.05) is 17.1 Å². The van der Waals surface area contributed by atoms with E-state index in [0.717, 1.165) is 28.5 Å². The van der Waals surface area contributed by atoms with Gasteiger partial charge in [0.15, 0.2) is 0 Å². The molecule has 0 radical (unpaired) electrons. The van der Waals surface area contributed by atoms with Gasteiger partial charge in [-0.25, -0.2) is 8.42 Å². The van der Waals surface area contributed by atoms with Crippen molar-refractivity contribution in [3.8, 4) is 0 Å². The van der Waals surface area contributed by atoms with E-state index in [2.05, 4.69) is 0 Å². The zero-order chi connectivity index (χ0) is 22.4. The van der Waals surface area contributed by atoms with Crippen LogP contribution in [0.5, 0.6) is 0 Å². The van der Waals surface area contributed by atoms with Gasteiger partial charge in [-0.05, 0) is 36.1 Å². The van der Waals surface area contributed by atoms with Gasteiger partial charge in [-0.3, -0.25) is 9.10 Å². The molecule has 0 aliphatic heterocycles. The molecular formula is C25H28N2O3S. The first-order valence-corrected chi connectivity index (χ1v) is 12.0. The van der Waals surface area contributed by atoms with Gasteiger partial charge < -0.3 is 4.90 Å². The third-order valence-electron chi connectivity index (χ3n) is 5.15. The summed E-state index contributed by atoms with van der Waals surface area (Å²) in [6.07, 6.45) is 1.14. The SMILES string of the molecule is Cc1cccc(C)c1N(CC(=O)N(Cc1ccccc1)Cc1ccccc1)S(C)(=O)=O. The fraction of sp³-hybridized carbons (Fsp3) is 0.240. The Balaban J connectivity index is 1.93. The van der Waals surface area contributed by atoms with Crippen molar-refractivity contribution in [2.24, 2.45) is 0 Å².